The van der Waals surface area contributed by atoms with Gasteiger partial charge in [0, 0.05) is 32.9 Å². The quantitative estimate of drug-likeness (QED) is 0.657. The summed E-state index contributed by atoms with van der Waals surface area (Å²) < 4.78 is 1.91. The fourth-order valence-electron chi connectivity index (χ4n) is 1.80. The number of aliphatic hydroxyl groups excluding tert-OH is 1. The van der Waals surface area contributed by atoms with E-state index in [0.29, 0.717) is 19.6 Å². The molecular formula is C9H16N4O. The van der Waals surface area contributed by atoms with Crippen LogP contribution in [-0.4, -0.2) is 45.3 Å². The number of hydrogen-bond acceptors (Lipinski definition) is 4. The zero-order valence-corrected chi connectivity index (χ0v) is 8.30. The van der Waals surface area contributed by atoms with E-state index in [0.717, 1.165) is 5.69 Å². The van der Waals surface area contributed by atoms with Crippen molar-refractivity contribution in [1.82, 2.24) is 14.5 Å². The molecule has 0 aliphatic carbocycles. The Balaban J connectivity index is 2.06. The highest BCUT2D eigenvalue weighted by atomic mass is 16.3. The van der Waals surface area contributed by atoms with Crippen LogP contribution in [0.1, 0.15) is 11.7 Å². The summed E-state index contributed by atoms with van der Waals surface area (Å²) in [4.78, 5) is 6.42. The molecule has 1 unspecified atom stereocenters. The van der Waals surface area contributed by atoms with E-state index in [4.69, 9.17) is 5.73 Å². The summed E-state index contributed by atoms with van der Waals surface area (Å²) in [6.45, 7) is 1.96. The number of likely N-dealkylation sites (tertiary alicyclic amines) is 1. The summed E-state index contributed by atoms with van der Waals surface area (Å²) >= 11 is 0. The number of nitrogens with zero attached hydrogens (tertiary/aromatic N) is 3. The molecule has 1 fully saturated rings. The molecule has 3 N–H and O–H groups in total. The highest BCUT2D eigenvalue weighted by Gasteiger charge is 2.31. The SMILES string of the molecule is Cn1cnc(C(CN)N2CC(O)C2)c1. The van der Waals surface area contributed by atoms with Crippen LogP contribution in [0.5, 0.6) is 0 Å². The van der Waals surface area contributed by atoms with Gasteiger partial charge in [-0.15, -0.1) is 0 Å². The monoisotopic (exact) mass is 196 g/mol. The van der Waals surface area contributed by atoms with Crippen molar-refractivity contribution in [2.24, 2.45) is 12.8 Å². The molecule has 1 aliphatic rings. The molecule has 0 saturated carbocycles. The maximum Gasteiger partial charge on any atom is 0.0947 e. The van der Waals surface area contributed by atoms with Gasteiger partial charge in [-0.3, -0.25) is 4.90 Å². The summed E-state index contributed by atoms with van der Waals surface area (Å²) in [5.41, 5.74) is 6.69. The summed E-state index contributed by atoms with van der Waals surface area (Å²) in [6, 6.07) is 0.152. The van der Waals surface area contributed by atoms with Gasteiger partial charge in [0.05, 0.1) is 24.2 Å². The average molecular weight is 196 g/mol. The molecular weight excluding hydrogens is 180 g/mol. The molecule has 2 heterocycles. The molecule has 1 aromatic heterocycles. The Hall–Kier alpha value is -0.910. The lowest BCUT2D eigenvalue weighted by Crippen LogP contribution is -2.53. The van der Waals surface area contributed by atoms with E-state index < -0.39 is 0 Å². The standard InChI is InChI=1S/C9H16N4O/c1-12-5-8(11-6-12)9(2-10)13-3-7(14)4-13/h5-7,9,14H,2-4,10H2,1H3. The first-order valence-corrected chi connectivity index (χ1v) is 4.80. The third-order valence-corrected chi connectivity index (χ3v) is 2.62. The van der Waals surface area contributed by atoms with Crippen molar-refractivity contribution in [2.45, 2.75) is 12.1 Å². The van der Waals surface area contributed by atoms with Crippen molar-refractivity contribution >= 4 is 0 Å². The van der Waals surface area contributed by atoms with Gasteiger partial charge in [-0.1, -0.05) is 0 Å². The number of aryl methyl sites for hydroxylation is 1. The molecule has 0 aromatic carbocycles. The van der Waals surface area contributed by atoms with Crippen LogP contribution in [0.2, 0.25) is 0 Å². The Kier molecular flexibility index (Phi) is 2.54. The Labute approximate surface area is 83.1 Å². The van der Waals surface area contributed by atoms with Crippen LogP contribution in [0.15, 0.2) is 12.5 Å². The first kappa shape index (κ1) is 9.64. The summed E-state index contributed by atoms with van der Waals surface area (Å²) in [5, 5.41) is 9.21. The smallest absolute Gasteiger partial charge is 0.0947 e. The van der Waals surface area contributed by atoms with Crippen molar-refractivity contribution in [1.29, 1.82) is 0 Å². The predicted octanol–water partition coefficient (Wildman–Crippen LogP) is -0.904. The van der Waals surface area contributed by atoms with E-state index in [1.807, 2.05) is 17.8 Å². The lowest BCUT2D eigenvalue weighted by molar-refractivity contribution is -0.0242. The maximum atomic E-state index is 9.21. The van der Waals surface area contributed by atoms with Gasteiger partial charge in [-0.05, 0) is 0 Å². The minimum atomic E-state index is -0.187. The number of aromatic nitrogens is 2. The number of nitrogens with two attached hydrogens (primary N) is 1. The van der Waals surface area contributed by atoms with Crippen LogP contribution in [-0.2, 0) is 7.05 Å². The molecule has 5 nitrogen and oxygen atoms in total. The molecule has 1 aromatic rings. The van der Waals surface area contributed by atoms with Gasteiger partial charge in [-0.2, -0.15) is 0 Å². The Bertz CT molecular complexity index is 306. The van der Waals surface area contributed by atoms with E-state index in [2.05, 4.69) is 9.88 Å². The fraction of sp³-hybridized carbons (Fsp3) is 0.667. The van der Waals surface area contributed by atoms with Crippen molar-refractivity contribution in [3.63, 3.8) is 0 Å². The van der Waals surface area contributed by atoms with Crippen molar-refractivity contribution in [3.05, 3.63) is 18.2 Å². The highest BCUT2D eigenvalue weighted by molar-refractivity contribution is 5.06. The molecule has 14 heavy (non-hydrogen) atoms. The van der Waals surface area contributed by atoms with E-state index in [-0.39, 0.29) is 12.1 Å². The van der Waals surface area contributed by atoms with Crippen LogP contribution < -0.4 is 5.73 Å². The Morgan fingerprint density at radius 2 is 2.43 bits per heavy atom. The van der Waals surface area contributed by atoms with E-state index in [9.17, 15) is 5.11 Å². The lowest BCUT2D eigenvalue weighted by atomic mass is 10.1. The van der Waals surface area contributed by atoms with Gasteiger partial charge in [0.2, 0.25) is 0 Å². The first-order valence-electron chi connectivity index (χ1n) is 4.80. The summed E-state index contributed by atoms with van der Waals surface area (Å²) in [7, 11) is 1.94. The second-order valence-electron chi connectivity index (χ2n) is 3.82. The van der Waals surface area contributed by atoms with Gasteiger partial charge in [0.15, 0.2) is 0 Å². The minimum absolute atomic E-state index is 0.152. The van der Waals surface area contributed by atoms with Gasteiger partial charge < -0.3 is 15.4 Å². The number of aliphatic hydroxyl groups is 1. The summed E-state index contributed by atoms with van der Waals surface area (Å²) in [5.74, 6) is 0. The van der Waals surface area contributed by atoms with Gasteiger partial charge in [0.25, 0.3) is 0 Å². The Morgan fingerprint density at radius 3 is 2.86 bits per heavy atom. The molecule has 1 atom stereocenters. The zero-order valence-electron chi connectivity index (χ0n) is 8.30. The number of β-amino-alcohol motifs (C(OH)–C–C–N with tert-alkyl or cyclic N) is 1. The van der Waals surface area contributed by atoms with Crippen molar-refractivity contribution in [2.75, 3.05) is 19.6 Å². The predicted molar refractivity (Wildman–Crippen MR) is 52.6 cm³/mol. The molecule has 5 heteroatoms. The highest BCUT2D eigenvalue weighted by Crippen LogP contribution is 2.23. The van der Waals surface area contributed by atoms with Gasteiger partial charge >= 0.3 is 0 Å². The maximum absolute atomic E-state index is 9.21. The van der Waals surface area contributed by atoms with Crippen LogP contribution in [0, 0.1) is 0 Å². The van der Waals surface area contributed by atoms with Crippen LogP contribution >= 0.6 is 0 Å². The second-order valence-corrected chi connectivity index (χ2v) is 3.82. The molecule has 78 valence electrons. The van der Waals surface area contributed by atoms with Crippen molar-refractivity contribution < 1.29 is 5.11 Å². The molecule has 1 saturated heterocycles. The number of hydrogen-bond donors (Lipinski definition) is 2. The minimum Gasteiger partial charge on any atom is -0.390 e. The molecule has 0 bridgehead atoms. The second kappa shape index (κ2) is 3.68. The first-order chi connectivity index (χ1) is 6.70. The van der Waals surface area contributed by atoms with Crippen LogP contribution in [0.3, 0.4) is 0 Å². The lowest BCUT2D eigenvalue weighted by Gasteiger charge is -2.40. The summed E-state index contributed by atoms with van der Waals surface area (Å²) in [6.07, 6.45) is 3.56. The van der Waals surface area contributed by atoms with E-state index in [1.165, 1.54) is 0 Å². The third-order valence-electron chi connectivity index (χ3n) is 2.62. The van der Waals surface area contributed by atoms with Crippen LogP contribution in [0.25, 0.3) is 0 Å². The van der Waals surface area contributed by atoms with Gasteiger partial charge in [-0.25, -0.2) is 4.98 Å². The molecule has 0 amide bonds. The van der Waals surface area contributed by atoms with E-state index in [1.54, 1.807) is 6.33 Å². The van der Waals surface area contributed by atoms with Crippen LogP contribution in [0.4, 0.5) is 0 Å². The number of imidazole rings is 1. The van der Waals surface area contributed by atoms with Gasteiger partial charge in [0.1, 0.15) is 0 Å². The average Bonchev–Trinajstić information content (AvgIpc) is 2.50. The molecule has 0 radical (unpaired) electrons. The Morgan fingerprint density at radius 1 is 1.71 bits per heavy atom. The van der Waals surface area contributed by atoms with Crippen molar-refractivity contribution in [3.8, 4) is 0 Å². The normalized spacial score (nSPS) is 20.8. The third kappa shape index (κ3) is 1.66. The topological polar surface area (TPSA) is 67.3 Å². The molecule has 2 rings (SSSR count). The molecule has 1 aliphatic heterocycles. The fourth-order valence-corrected chi connectivity index (χ4v) is 1.80. The van der Waals surface area contributed by atoms with E-state index >= 15 is 0 Å². The number of rotatable bonds is 3. The zero-order chi connectivity index (χ0) is 10.1. The largest absolute Gasteiger partial charge is 0.390 e. The molecule has 0 spiro atoms.